The number of nitrogens with one attached hydrogen (secondary N) is 1. The molecule has 1 atom stereocenters. The largest absolute Gasteiger partial charge is 0.495 e. The summed E-state index contributed by atoms with van der Waals surface area (Å²) in [4.78, 5) is 0. The number of hydrogen-bond donors (Lipinski definition) is 1. The van der Waals surface area contributed by atoms with Gasteiger partial charge in [0, 0.05) is 13.1 Å². The molecular formula is C12H16ClNO2. The first kappa shape index (κ1) is 11.7. The van der Waals surface area contributed by atoms with Crippen LogP contribution in [0.15, 0.2) is 18.2 Å². The lowest BCUT2D eigenvalue weighted by Crippen LogP contribution is -2.39. The topological polar surface area (TPSA) is 30.5 Å². The van der Waals surface area contributed by atoms with Gasteiger partial charge in [-0.15, -0.1) is 0 Å². The minimum atomic E-state index is 0.248. The van der Waals surface area contributed by atoms with Crippen molar-refractivity contribution in [2.24, 2.45) is 0 Å². The van der Waals surface area contributed by atoms with Crippen LogP contribution in [0.5, 0.6) is 5.75 Å². The minimum Gasteiger partial charge on any atom is -0.495 e. The van der Waals surface area contributed by atoms with Crippen LogP contribution >= 0.6 is 11.6 Å². The van der Waals surface area contributed by atoms with Gasteiger partial charge < -0.3 is 14.8 Å². The first-order valence-electron chi connectivity index (χ1n) is 5.44. The summed E-state index contributed by atoms with van der Waals surface area (Å²) in [6.45, 7) is 2.64. The Morgan fingerprint density at radius 2 is 2.44 bits per heavy atom. The average molecular weight is 242 g/mol. The molecule has 0 amide bonds. The fourth-order valence-electron chi connectivity index (χ4n) is 1.85. The van der Waals surface area contributed by atoms with E-state index in [2.05, 4.69) is 5.32 Å². The van der Waals surface area contributed by atoms with Gasteiger partial charge in [-0.2, -0.15) is 0 Å². The molecule has 1 N–H and O–H groups in total. The van der Waals surface area contributed by atoms with Gasteiger partial charge in [0.1, 0.15) is 5.75 Å². The molecule has 2 rings (SSSR count). The van der Waals surface area contributed by atoms with Crippen molar-refractivity contribution in [2.75, 3.05) is 26.8 Å². The molecule has 0 aliphatic carbocycles. The van der Waals surface area contributed by atoms with Crippen LogP contribution < -0.4 is 10.1 Å². The molecule has 1 aliphatic heterocycles. The summed E-state index contributed by atoms with van der Waals surface area (Å²) < 4.78 is 10.8. The quantitative estimate of drug-likeness (QED) is 0.877. The smallest absolute Gasteiger partial charge is 0.137 e. The van der Waals surface area contributed by atoms with E-state index in [1.807, 2.05) is 18.2 Å². The zero-order valence-electron chi connectivity index (χ0n) is 9.33. The molecule has 0 aromatic heterocycles. The van der Waals surface area contributed by atoms with Crippen LogP contribution in [0, 0.1) is 0 Å². The number of rotatable bonds is 3. The predicted molar refractivity (Wildman–Crippen MR) is 64.3 cm³/mol. The molecule has 88 valence electrons. The molecule has 1 saturated heterocycles. The highest BCUT2D eigenvalue weighted by atomic mass is 35.5. The van der Waals surface area contributed by atoms with E-state index in [0.717, 1.165) is 26.1 Å². The molecule has 1 aromatic carbocycles. The number of hydrogen-bond acceptors (Lipinski definition) is 3. The van der Waals surface area contributed by atoms with E-state index in [1.165, 1.54) is 5.56 Å². The Labute approximate surface area is 101 Å². The van der Waals surface area contributed by atoms with Gasteiger partial charge in [-0.3, -0.25) is 0 Å². The van der Waals surface area contributed by atoms with Gasteiger partial charge in [0.15, 0.2) is 0 Å². The van der Waals surface area contributed by atoms with Gasteiger partial charge in [-0.1, -0.05) is 17.7 Å². The third-order valence-electron chi connectivity index (χ3n) is 2.68. The first-order chi connectivity index (χ1) is 7.79. The molecule has 1 fully saturated rings. The van der Waals surface area contributed by atoms with E-state index >= 15 is 0 Å². The molecule has 0 spiro atoms. The van der Waals surface area contributed by atoms with E-state index < -0.39 is 0 Å². The van der Waals surface area contributed by atoms with E-state index in [0.29, 0.717) is 10.8 Å². The van der Waals surface area contributed by atoms with Gasteiger partial charge in [0.05, 0.1) is 24.8 Å². The summed E-state index contributed by atoms with van der Waals surface area (Å²) in [6.07, 6.45) is 1.13. The SMILES string of the molecule is COc1ccc(C[C@H]2CNCCO2)cc1Cl. The zero-order chi connectivity index (χ0) is 11.4. The standard InChI is InChI=1S/C12H16ClNO2/c1-15-12-3-2-9(7-11(12)13)6-10-8-14-4-5-16-10/h2-3,7,10,14H,4-6,8H2,1H3/t10-/m0/s1. The molecule has 4 heteroatoms. The van der Waals surface area contributed by atoms with Crippen molar-refractivity contribution in [2.45, 2.75) is 12.5 Å². The van der Waals surface area contributed by atoms with Crippen LogP contribution in [0.4, 0.5) is 0 Å². The van der Waals surface area contributed by atoms with Crippen molar-refractivity contribution in [3.05, 3.63) is 28.8 Å². The summed E-state index contributed by atoms with van der Waals surface area (Å²) in [5, 5.41) is 3.97. The number of halogens is 1. The Balaban J connectivity index is 2.01. The van der Waals surface area contributed by atoms with Crippen LogP contribution in [-0.2, 0) is 11.2 Å². The normalized spacial score (nSPS) is 20.8. The maximum Gasteiger partial charge on any atom is 0.137 e. The highest BCUT2D eigenvalue weighted by Crippen LogP contribution is 2.25. The second-order valence-corrected chi connectivity index (χ2v) is 4.28. The third-order valence-corrected chi connectivity index (χ3v) is 2.98. The van der Waals surface area contributed by atoms with Crippen molar-refractivity contribution >= 4 is 11.6 Å². The van der Waals surface area contributed by atoms with Crippen LogP contribution in [-0.4, -0.2) is 32.9 Å². The first-order valence-corrected chi connectivity index (χ1v) is 5.82. The Morgan fingerprint density at radius 1 is 1.56 bits per heavy atom. The summed E-state index contributed by atoms with van der Waals surface area (Å²) in [5.41, 5.74) is 1.18. The van der Waals surface area contributed by atoms with Crippen LogP contribution in [0.3, 0.4) is 0 Å². The van der Waals surface area contributed by atoms with E-state index in [9.17, 15) is 0 Å². The summed E-state index contributed by atoms with van der Waals surface area (Å²) in [7, 11) is 1.62. The Bertz CT molecular complexity index is 351. The average Bonchev–Trinajstić information content (AvgIpc) is 2.31. The molecule has 3 nitrogen and oxygen atoms in total. The molecular weight excluding hydrogens is 226 g/mol. The van der Waals surface area contributed by atoms with Crippen LogP contribution in [0.2, 0.25) is 5.02 Å². The highest BCUT2D eigenvalue weighted by molar-refractivity contribution is 6.32. The fourth-order valence-corrected chi connectivity index (χ4v) is 2.13. The number of ether oxygens (including phenoxy) is 2. The van der Waals surface area contributed by atoms with Crippen molar-refractivity contribution in [1.29, 1.82) is 0 Å². The van der Waals surface area contributed by atoms with Crippen molar-refractivity contribution in [1.82, 2.24) is 5.32 Å². The lowest BCUT2D eigenvalue weighted by molar-refractivity contribution is 0.0292. The Morgan fingerprint density at radius 3 is 3.06 bits per heavy atom. The molecule has 0 unspecified atom stereocenters. The summed E-state index contributed by atoms with van der Waals surface area (Å²) >= 11 is 6.07. The lowest BCUT2D eigenvalue weighted by Gasteiger charge is -2.23. The molecule has 0 radical (unpaired) electrons. The van der Waals surface area contributed by atoms with Crippen molar-refractivity contribution < 1.29 is 9.47 Å². The number of morpholine rings is 1. The van der Waals surface area contributed by atoms with Gasteiger partial charge in [-0.25, -0.2) is 0 Å². The minimum absolute atomic E-state index is 0.248. The summed E-state index contributed by atoms with van der Waals surface area (Å²) in [6, 6.07) is 5.87. The molecule has 16 heavy (non-hydrogen) atoms. The number of methoxy groups -OCH3 is 1. The second-order valence-electron chi connectivity index (χ2n) is 3.87. The molecule has 1 heterocycles. The van der Waals surface area contributed by atoms with Crippen molar-refractivity contribution in [3.8, 4) is 5.75 Å². The third kappa shape index (κ3) is 2.88. The van der Waals surface area contributed by atoms with E-state index in [4.69, 9.17) is 21.1 Å². The van der Waals surface area contributed by atoms with Crippen LogP contribution in [0.1, 0.15) is 5.56 Å². The molecule has 0 saturated carbocycles. The lowest BCUT2D eigenvalue weighted by atomic mass is 10.1. The summed E-state index contributed by atoms with van der Waals surface area (Å²) in [5.74, 6) is 0.716. The van der Waals surface area contributed by atoms with Gasteiger partial charge in [-0.05, 0) is 24.1 Å². The monoisotopic (exact) mass is 241 g/mol. The van der Waals surface area contributed by atoms with Crippen LogP contribution in [0.25, 0.3) is 0 Å². The maximum absolute atomic E-state index is 6.07. The molecule has 1 aliphatic rings. The molecule has 1 aromatic rings. The maximum atomic E-state index is 6.07. The predicted octanol–water partition coefficient (Wildman–Crippen LogP) is 1.88. The van der Waals surface area contributed by atoms with E-state index in [1.54, 1.807) is 7.11 Å². The fraction of sp³-hybridized carbons (Fsp3) is 0.500. The van der Waals surface area contributed by atoms with Gasteiger partial charge in [0.25, 0.3) is 0 Å². The Hall–Kier alpha value is -0.770. The number of benzene rings is 1. The van der Waals surface area contributed by atoms with Crippen molar-refractivity contribution in [3.63, 3.8) is 0 Å². The van der Waals surface area contributed by atoms with Gasteiger partial charge in [0.2, 0.25) is 0 Å². The zero-order valence-corrected chi connectivity index (χ0v) is 10.1. The van der Waals surface area contributed by atoms with Gasteiger partial charge >= 0.3 is 0 Å². The second kappa shape index (κ2) is 5.53. The highest BCUT2D eigenvalue weighted by Gasteiger charge is 2.14. The Kier molecular flexibility index (Phi) is 4.04. The van der Waals surface area contributed by atoms with E-state index in [-0.39, 0.29) is 6.10 Å². The molecule has 0 bridgehead atoms.